The molecule has 0 heterocycles. The van der Waals surface area contributed by atoms with Crippen molar-refractivity contribution in [1.82, 2.24) is 10.6 Å². The van der Waals surface area contributed by atoms with E-state index in [0.717, 1.165) is 5.56 Å². The molecule has 0 aromatic heterocycles. The lowest BCUT2D eigenvalue weighted by atomic mass is 10.1. The van der Waals surface area contributed by atoms with Crippen LogP contribution in [-0.4, -0.2) is 66.7 Å². The molecule has 42 heavy (non-hydrogen) atoms. The molecule has 0 saturated carbocycles. The maximum Gasteiger partial charge on any atom is 0.408 e. The van der Waals surface area contributed by atoms with Gasteiger partial charge in [-0.25, -0.2) is 23.6 Å². The van der Waals surface area contributed by atoms with Crippen molar-refractivity contribution < 1.29 is 47.6 Å². The Bertz CT molecular complexity index is 1080. The Morgan fingerprint density at radius 2 is 1.02 bits per heavy atom. The first-order chi connectivity index (χ1) is 19.4. The second kappa shape index (κ2) is 16.2. The van der Waals surface area contributed by atoms with Crippen molar-refractivity contribution in [3.8, 4) is 5.75 Å². The molecule has 2 atom stereocenters. The minimum Gasteiger partial charge on any atom is -0.508 e. The molecule has 0 fully saturated rings. The lowest BCUT2D eigenvalue weighted by molar-refractivity contribution is -0.143. The SMILES string of the molecule is COC(=O)[C@H](Cc1ccc(O)cc1)NC(=O)OC(C)(C)C.COC(=O)[C@H](Cc1ccc([18F])cc1)NC(=O)OC(C)(C)C. The fraction of sp³-hybridized carbons (Fsp3) is 0.467. The van der Waals surface area contributed by atoms with Gasteiger partial charge in [-0.2, -0.15) is 0 Å². The first-order valence-corrected chi connectivity index (χ1v) is 13.1. The van der Waals surface area contributed by atoms with Gasteiger partial charge in [0.15, 0.2) is 0 Å². The number of methoxy groups -OCH3 is 2. The van der Waals surface area contributed by atoms with Crippen molar-refractivity contribution >= 4 is 24.1 Å². The standard InChI is InChI=1S/C15H20FNO4.C15H21NO5/c1-15(2,3)21-14(19)17-12(13(18)20-4)9-10-5-7-11(16)8-6-10;1-15(2,3)21-14(19)16-12(13(18)20-4)9-10-5-7-11(17)8-6-10/h5-8,12H,9H2,1-4H3,(H,17,19);5-8,12,17H,9H2,1-4H3,(H,16,19)/t2*12-/m00/s1/i16-1;. The van der Waals surface area contributed by atoms with Crippen molar-refractivity contribution in [2.45, 2.75) is 77.7 Å². The molecule has 232 valence electrons. The lowest BCUT2D eigenvalue weighted by Crippen LogP contribution is -2.45. The number of phenolic OH excluding ortho intramolecular Hbond substituents is 1. The second-order valence-electron chi connectivity index (χ2n) is 11.1. The van der Waals surface area contributed by atoms with Crippen LogP contribution in [0.3, 0.4) is 0 Å². The van der Waals surface area contributed by atoms with Gasteiger partial charge in [0.05, 0.1) is 14.2 Å². The Balaban J connectivity index is 0.000000420. The Labute approximate surface area is 245 Å². The van der Waals surface area contributed by atoms with Crippen LogP contribution in [0.5, 0.6) is 5.75 Å². The Morgan fingerprint density at radius 3 is 1.33 bits per heavy atom. The van der Waals surface area contributed by atoms with Crippen LogP contribution < -0.4 is 10.6 Å². The van der Waals surface area contributed by atoms with Crippen LogP contribution in [0.1, 0.15) is 52.7 Å². The quantitative estimate of drug-likeness (QED) is 0.299. The van der Waals surface area contributed by atoms with Gasteiger partial charge in [-0.15, -0.1) is 0 Å². The number of nitrogens with one attached hydrogen (secondary N) is 2. The average Bonchev–Trinajstić information content (AvgIpc) is 2.87. The molecular formula is C30H41FN2O9. The maximum atomic E-state index is 12.9. The third-order valence-electron chi connectivity index (χ3n) is 5.08. The van der Waals surface area contributed by atoms with E-state index in [1.807, 2.05) is 0 Å². The van der Waals surface area contributed by atoms with E-state index in [2.05, 4.69) is 20.1 Å². The summed E-state index contributed by atoms with van der Waals surface area (Å²) in [6.07, 6.45) is -0.963. The molecule has 0 bridgehead atoms. The molecule has 0 radical (unpaired) electrons. The molecule has 0 aliphatic carbocycles. The minimum atomic E-state index is -0.893. The molecule has 2 amide bonds. The van der Waals surface area contributed by atoms with Crippen molar-refractivity contribution in [2.75, 3.05) is 14.2 Å². The fourth-order valence-electron chi connectivity index (χ4n) is 3.29. The number of hydrogen-bond acceptors (Lipinski definition) is 9. The number of halogens is 1. The highest BCUT2D eigenvalue weighted by atomic mass is 18.2. The summed E-state index contributed by atoms with van der Waals surface area (Å²) in [5.41, 5.74) is 0.159. The number of amides is 2. The first kappa shape index (κ1) is 35.7. The largest absolute Gasteiger partial charge is 0.508 e. The van der Waals surface area contributed by atoms with E-state index >= 15 is 0 Å². The van der Waals surface area contributed by atoms with Gasteiger partial charge in [0.25, 0.3) is 0 Å². The van der Waals surface area contributed by atoms with Crippen LogP contribution in [0.15, 0.2) is 48.5 Å². The molecule has 0 saturated heterocycles. The average molecular weight is 592 g/mol. The van der Waals surface area contributed by atoms with Crippen LogP contribution in [0.2, 0.25) is 0 Å². The fourth-order valence-corrected chi connectivity index (χ4v) is 3.29. The van der Waals surface area contributed by atoms with Gasteiger partial charge in [0.2, 0.25) is 0 Å². The third-order valence-corrected chi connectivity index (χ3v) is 5.08. The summed E-state index contributed by atoms with van der Waals surface area (Å²) in [6.45, 7) is 10.4. The number of alkyl carbamates (subject to hydrolysis) is 2. The third kappa shape index (κ3) is 14.9. The number of carbonyl (C=O) groups excluding carboxylic acids is 4. The van der Waals surface area contributed by atoms with Crippen molar-refractivity contribution in [3.05, 3.63) is 65.5 Å². The number of benzene rings is 2. The van der Waals surface area contributed by atoms with Gasteiger partial charge in [-0.05, 0) is 76.9 Å². The molecule has 0 unspecified atom stereocenters. The molecule has 2 rings (SSSR count). The van der Waals surface area contributed by atoms with E-state index in [9.17, 15) is 28.7 Å². The van der Waals surface area contributed by atoms with E-state index in [-0.39, 0.29) is 24.4 Å². The molecule has 12 heteroatoms. The van der Waals surface area contributed by atoms with Crippen LogP contribution in [0, 0.1) is 5.82 Å². The van der Waals surface area contributed by atoms with E-state index in [4.69, 9.17) is 9.47 Å². The van der Waals surface area contributed by atoms with Gasteiger partial charge in [0.1, 0.15) is 34.9 Å². The molecule has 0 aliphatic heterocycles. The molecule has 11 nitrogen and oxygen atoms in total. The second-order valence-corrected chi connectivity index (χ2v) is 11.1. The van der Waals surface area contributed by atoms with Crippen molar-refractivity contribution in [3.63, 3.8) is 0 Å². The van der Waals surface area contributed by atoms with Gasteiger partial charge >= 0.3 is 24.1 Å². The van der Waals surface area contributed by atoms with Gasteiger partial charge in [0, 0.05) is 12.8 Å². The normalized spacial score (nSPS) is 12.4. The highest BCUT2D eigenvalue weighted by Crippen LogP contribution is 2.13. The summed E-state index contributed by atoms with van der Waals surface area (Å²) >= 11 is 0. The van der Waals surface area contributed by atoms with Gasteiger partial charge in [-0.3, -0.25) is 0 Å². The Morgan fingerprint density at radius 1 is 0.690 bits per heavy atom. The van der Waals surface area contributed by atoms with Crippen LogP contribution >= 0.6 is 0 Å². The predicted octanol–water partition coefficient (Wildman–Crippen LogP) is 4.44. The molecule has 2 aromatic carbocycles. The molecule has 0 aliphatic rings. The van der Waals surface area contributed by atoms with E-state index in [1.54, 1.807) is 65.8 Å². The Hall–Kier alpha value is -4.35. The molecule has 0 spiro atoms. The first-order valence-electron chi connectivity index (χ1n) is 13.1. The van der Waals surface area contributed by atoms with Crippen LogP contribution in [-0.2, 0) is 41.4 Å². The van der Waals surface area contributed by atoms with E-state index < -0.39 is 47.4 Å². The number of ether oxygens (including phenoxy) is 4. The zero-order chi connectivity index (χ0) is 32.1. The predicted molar refractivity (Wildman–Crippen MR) is 152 cm³/mol. The summed E-state index contributed by atoms with van der Waals surface area (Å²) in [5, 5.41) is 14.2. The van der Waals surface area contributed by atoms with Crippen LogP contribution in [0.4, 0.5) is 14.0 Å². The van der Waals surface area contributed by atoms with Gasteiger partial charge in [-0.1, -0.05) is 24.3 Å². The number of phenols is 1. The number of hydrogen-bond donors (Lipinski definition) is 3. The highest BCUT2D eigenvalue weighted by Gasteiger charge is 2.26. The zero-order valence-corrected chi connectivity index (χ0v) is 25.3. The number of esters is 2. The smallest absolute Gasteiger partial charge is 0.408 e. The van der Waals surface area contributed by atoms with Gasteiger partial charge < -0.3 is 34.7 Å². The Kier molecular flexibility index (Phi) is 13.7. The number of aromatic hydroxyl groups is 1. The molecule has 3 N–H and O–H groups in total. The lowest BCUT2D eigenvalue weighted by Gasteiger charge is -2.22. The van der Waals surface area contributed by atoms with Crippen molar-refractivity contribution in [2.24, 2.45) is 0 Å². The maximum absolute atomic E-state index is 12.9. The summed E-state index contributed by atoms with van der Waals surface area (Å²) < 4.78 is 32.4. The summed E-state index contributed by atoms with van der Waals surface area (Å²) in [6, 6.07) is 10.3. The molecule has 2 aromatic rings. The van der Waals surface area contributed by atoms with E-state index in [1.165, 1.54) is 38.5 Å². The zero-order valence-electron chi connectivity index (χ0n) is 25.3. The summed E-state index contributed by atoms with van der Waals surface area (Å²) in [4.78, 5) is 46.9. The van der Waals surface area contributed by atoms with E-state index in [0.29, 0.717) is 5.56 Å². The summed E-state index contributed by atoms with van der Waals surface area (Å²) in [5.74, 6) is -1.39. The number of carbonyl (C=O) groups is 4. The number of rotatable bonds is 8. The summed E-state index contributed by atoms with van der Waals surface area (Å²) in [7, 11) is 2.49. The van der Waals surface area contributed by atoms with Crippen LogP contribution in [0.25, 0.3) is 0 Å². The molecular weight excluding hydrogens is 550 g/mol. The highest BCUT2D eigenvalue weighted by molar-refractivity contribution is 5.82. The minimum absolute atomic E-state index is 0.133. The monoisotopic (exact) mass is 591 g/mol. The van der Waals surface area contributed by atoms with Crippen molar-refractivity contribution in [1.29, 1.82) is 0 Å². The topological polar surface area (TPSA) is 149 Å².